The van der Waals surface area contributed by atoms with Crippen molar-refractivity contribution in [2.75, 3.05) is 11.4 Å². The van der Waals surface area contributed by atoms with E-state index in [1.165, 1.54) is 16.9 Å². The van der Waals surface area contributed by atoms with Crippen LogP contribution in [0.4, 0.5) is 5.82 Å². The van der Waals surface area contributed by atoms with E-state index in [1.54, 1.807) is 0 Å². The van der Waals surface area contributed by atoms with Crippen molar-refractivity contribution >= 4 is 21.7 Å². The van der Waals surface area contributed by atoms with E-state index in [4.69, 9.17) is 0 Å². The molecule has 0 spiro atoms. The number of hydrogen-bond donors (Lipinski definition) is 0. The Bertz CT molecular complexity index is 536. The average molecular weight is 323 g/mol. The third kappa shape index (κ3) is 2.97. The predicted octanol–water partition coefficient (Wildman–Crippen LogP) is 3.04. The summed E-state index contributed by atoms with van der Waals surface area (Å²) in [5, 5.41) is 5.35. The first kappa shape index (κ1) is 14.1. The first-order chi connectivity index (χ1) is 9.17. The van der Waals surface area contributed by atoms with Crippen LogP contribution in [0.1, 0.15) is 23.7 Å². The molecule has 0 radical (unpaired) electrons. The Morgan fingerprint density at radius 1 is 1.32 bits per heavy atom. The van der Waals surface area contributed by atoms with Gasteiger partial charge in [0.15, 0.2) is 0 Å². The standard InChI is InChI=1S/C14H19BrN4/c1-4-19(10-12-5-7-16-8-6-12)14-13(9-15)11(2)17-18(14)3/h5-8H,4,9-10H2,1-3H3. The van der Waals surface area contributed by atoms with Crippen LogP contribution in [0.2, 0.25) is 0 Å². The van der Waals surface area contributed by atoms with Gasteiger partial charge in [-0.25, -0.2) is 0 Å². The predicted molar refractivity (Wildman–Crippen MR) is 81.5 cm³/mol. The van der Waals surface area contributed by atoms with Gasteiger partial charge in [-0.2, -0.15) is 5.10 Å². The topological polar surface area (TPSA) is 34.0 Å². The van der Waals surface area contributed by atoms with Crippen molar-refractivity contribution in [2.45, 2.75) is 25.7 Å². The molecule has 0 unspecified atom stereocenters. The Kier molecular flexibility index (Phi) is 4.58. The van der Waals surface area contributed by atoms with Crippen molar-refractivity contribution in [3.8, 4) is 0 Å². The summed E-state index contributed by atoms with van der Waals surface area (Å²) in [5.41, 5.74) is 3.61. The van der Waals surface area contributed by atoms with Gasteiger partial charge < -0.3 is 4.90 Å². The Hall–Kier alpha value is -1.36. The van der Waals surface area contributed by atoms with Crippen LogP contribution in [0, 0.1) is 6.92 Å². The zero-order valence-electron chi connectivity index (χ0n) is 11.6. The van der Waals surface area contributed by atoms with Gasteiger partial charge in [0, 0.05) is 43.4 Å². The molecule has 2 aromatic rings. The second-order valence-corrected chi connectivity index (χ2v) is 5.08. The van der Waals surface area contributed by atoms with Gasteiger partial charge in [-0.05, 0) is 31.5 Å². The van der Waals surface area contributed by atoms with Crippen LogP contribution in [0.3, 0.4) is 0 Å². The van der Waals surface area contributed by atoms with Gasteiger partial charge in [0.1, 0.15) is 5.82 Å². The highest BCUT2D eigenvalue weighted by molar-refractivity contribution is 9.08. The Morgan fingerprint density at radius 3 is 2.58 bits per heavy atom. The lowest BCUT2D eigenvalue weighted by atomic mass is 10.2. The van der Waals surface area contributed by atoms with Crippen LogP contribution in [0.5, 0.6) is 0 Å². The molecule has 0 aliphatic carbocycles. The minimum absolute atomic E-state index is 0.828. The highest BCUT2D eigenvalue weighted by atomic mass is 79.9. The number of aryl methyl sites for hydroxylation is 2. The van der Waals surface area contributed by atoms with Gasteiger partial charge in [-0.15, -0.1) is 0 Å². The fourth-order valence-corrected chi connectivity index (χ4v) is 2.94. The summed E-state index contributed by atoms with van der Waals surface area (Å²) in [4.78, 5) is 6.40. The molecule has 0 atom stereocenters. The molecule has 0 aliphatic heterocycles. The lowest BCUT2D eigenvalue weighted by Gasteiger charge is -2.24. The monoisotopic (exact) mass is 322 g/mol. The van der Waals surface area contributed by atoms with Crippen LogP contribution in [-0.2, 0) is 18.9 Å². The molecule has 0 saturated carbocycles. The molecule has 0 N–H and O–H groups in total. The molecule has 0 bridgehead atoms. The van der Waals surface area contributed by atoms with Crippen molar-refractivity contribution < 1.29 is 0 Å². The maximum absolute atomic E-state index is 4.52. The maximum atomic E-state index is 4.52. The van der Waals surface area contributed by atoms with Crippen molar-refractivity contribution in [3.63, 3.8) is 0 Å². The highest BCUT2D eigenvalue weighted by Crippen LogP contribution is 2.26. The Balaban J connectivity index is 2.32. The van der Waals surface area contributed by atoms with Gasteiger partial charge in [-0.3, -0.25) is 9.67 Å². The largest absolute Gasteiger partial charge is 0.353 e. The van der Waals surface area contributed by atoms with E-state index in [2.05, 4.69) is 56.9 Å². The molecule has 0 saturated heterocycles. The van der Waals surface area contributed by atoms with Crippen molar-refractivity contribution in [1.82, 2.24) is 14.8 Å². The average Bonchev–Trinajstić information content (AvgIpc) is 2.71. The zero-order chi connectivity index (χ0) is 13.8. The summed E-state index contributed by atoms with van der Waals surface area (Å²) in [5.74, 6) is 1.19. The number of hydrogen-bond acceptors (Lipinski definition) is 3. The first-order valence-corrected chi connectivity index (χ1v) is 7.51. The molecule has 0 fully saturated rings. The van der Waals surface area contributed by atoms with Gasteiger partial charge >= 0.3 is 0 Å². The summed E-state index contributed by atoms with van der Waals surface area (Å²) in [6.45, 7) is 6.04. The van der Waals surface area contributed by atoms with E-state index < -0.39 is 0 Å². The smallest absolute Gasteiger partial charge is 0.131 e. The molecule has 2 rings (SSSR count). The molecular formula is C14H19BrN4. The molecule has 2 heterocycles. The molecule has 5 heteroatoms. The minimum atomic E-state index is 0.828. The molecule has 0 aromatic carbocycles. The van der Waals surface area contributed by atoms with Crippen LogP contribution in [0.15, 0.2) is 24.5 Å². The van der Waals surface area contributed by atoms with Gasteiger partial charge in [0.05, 0.1) is 5.69 Å². The van der Waals surface area contributed by atoms with Gasteiger partial charge in [0.2, 0.25) is 0 Å². The van der Waals surface area contributed by atoms with E-state index in [-0.39, 0.29) is 0 Å². The van der Waals surface area contributed by atoms with E-state index in [1.807, 2.05) is 24.1 Å². The molecule has 0 amide bonds. The third-order valence-electron chi connectivity index (χ3n) is 3.25. The summed E-state index contributed by atoms with van der Waals surface area (Å²) < 4.78 is 1.97. The second-order valence-electron chi connectivity index (χ2n) is 4.51. The number of anilines is 1. The normalized spacial score (nSPS) is 10.7. The molecule has 102 valence electrons. The summed E-state index contributed by atoms with van der Waals surface area (Å²) in [6.07, 6.45) is 3.67. The van der Waals surface area contributed by atoms with Crippen molar-refractivity contribution in [3.05, 3.63) is 41.3 Å². The SMILES string of the molecule is CCN(Cc1ccncc1)c1c(CBr)c(C)nn1C. The Labute approximate surface area is 122 Å². The van der Waals surface area contributed by atoms with E-state index in [9.17, 15) is 0 Å². The van der Waals surface area contributed by atoms with Gasteiger partial charge in [0.25, 0.3) is 0 Å². The highest BCUT2D eigenvalue weighted by Gasteiger charge is 2.17. The van der Waals surface area contributed by atoms with Crippen LogP contribution >= 0.6 is 15.9 Å². The summed E-state index contributed by atoms with van der Waals surface area (Å²) in [6, 6.07) is 4.11. The molecule has 4 nitrogen and oxygen atoms in total. The molecule has 2 aromatic heterocycles. The van der Waals surface area contributed by atoms with Gasteiger partial charge in [-0.1, -0.05) is 15.9 Å². The Morgan fingerprint density at radius 2 is 2.00 bits per heavy atom. The lowest BCUT2D eigenvalue weighted by Crippen LogP contribution is -2.25. The fourth-order valence-electron chi connectivity index (χ4n) is 2.29. The number of aromatic nitrogens is 3. The van der Waals surface area contributed by atoms with Crippen LogP contribution in [0.25, 0.3) is 0 Å². The quantitative estimate of drug-likeness (QED) is 0.793. The molecule has 19 heavy (non-hydrogen) atoms. The van der Waals surface area contributed by atoms with E-state index in [0.29, 0.717) is 0 Å². The number of pyridine rings is 1. The summed E-state index contributed by atoms with van der Waals surface area (Å²) >= 11 is 3.57. The number of rotatable bonds is 5. The fraction of sp³-hybridized carbons (Fsp3) is 0.429. The number of alkyl halides is 1. The van der Waals surface area contributed by atoms with E-state index in [0.717, 1.165) is 24.1 Å². The van der Waals surface area contributed by atoms with Crippen LogP contribution in [-0.4, -0.2) is 21.3 Å². The lowest BCUT2D eigenvalue weighted by molar-refractivity contribution is 0.704. The minimum Gasteiger partial charge on any atom is -0.353 e. The molecular weight excluding hydrogens is 304 g/mol. The van der Waals surface area contributed by atoms with Crippen molar-refractivity contribution in [1.29, 1.82) is 0 Å². The first-order valence-electron chi connectivity index (χ1n) is 6.39. The maximum Gasteiger partial charge on any atom is 0.131 e. The second kappa shape index (κ2) is 6.19. The third-order valence-corrected chi connectivity index (χ3v) is 3.81. The molecule has 0 aliphatic rings. The number of nitrogens with zero attached hydrogens (tertiary/aromatic N) is 4. The van der Waals surface area contributed by atoms with Crippen LogP contribution < -0.4 is 4.90 Å². The summed E-state index contributed by atoms with van der Waals surface area (Å²) in [7, 11) is 2.00. The van der Waals surface area contributed by atoms with E-state index >= 15 is 0 Å². The van der Waals surface area contributed by atoms with Crippen molar-refractivity contribution in [2.24, 2.45) is 7.05 Å². The zero-order valence-corrected chi connectivity index (χ0v) is 13.2. The number of halogens is 1.